The Bertz CT molecular complexity index is 457. The summed E-state index contributed by atoms with van der Waals surface area (Å²) in [5, 5.41) is 8.41. The van der Waals surface area contributed by atoms with Crippen LogP contribution >= 0.6 is 15.9 Å². The fourth-order valence-corrected chi connectivity index (χ4v) is 1.70. The van der Waals surface area contributed by atoms with E-state index in [1.165, 1.54) is 4.90 Å². The van der Waals surface area contributed by atoms with Crippen LogP contribution in [-0.2, 0) is 16.1 Å². The van der Waals surface area contributed by atoms with Gasteiger partial charge in [-0.25, -0.2) is 4.79 Å². The molecule has 1 amide bonds. The van der Waals surface area contributed by atoms with Gasteiger partial charge in [0.05, 0.1) is 0 Å². The number of carboxylic acid groups (broad SMARTS) is 1. The van der Waals surface area contributed by atoms with E-state index in [4.69, 9.17) is 5.11 Å². The summed E-state index contributed by atoms with van der Waals surface area (Å²) in [6.07, 6.45) is 1.88. The van der Waals surface area contributed by atoms with Crippen LogP contribution < -0.4 is 0 Å². The lowest BCUT2D eigenvalue weighted by Crippen LogP contribution is -2.24. The summed E-state index contributed by atoms with van der Waals surface area (Å²) in [6.45, 7) is 0.433. The molecule has 0 fully saturated rings. The van der Waals surface area contributed by atoms with Gasteiger partial charge in [0.25, 0.3) is 0 Å². The smallest absolute Gasteiger partial charge is 0.328 e. The van der Waals surface area contributed by atoms with E-state index >= 15 is 0 Å². The highest BCUT2D eigenvalue weighted by atomic mass is 79.9. The van der Waals surface area contributed by atoms with Crippen molar-refractivity contribution < 1.29 is 14.7 Å². The van der Waals surface area contributed by atoms with Gasteiger partial charge in [-0.3, -0.25) is 4.79 Å². The van der Waals surface area contributed by atoms with E-state index in [2.05, 4.69) is 15.9 Å². The summed E-state index contributed by atoms with van der Waals surface area (Å²) < 4.78 is 0.942. The molecule has 0 heterocycles. The number of benzene rings is 1. The average Bonchev–Trinajstić information content (AvgIpc) is 2.25. The third-order valence-corrected chi connectivity index (χ3v) is 2.55. The van der Waals surface area contributed by atoms with Crippen LogP contribution in [0.4, 0.5) is 0 Å². The molecule has 5 heteroatoms. The van der Waals surface area contributed by atoms with Gasteiger partial charge in [-0.1, -0.05) is 28.1 Å². The average molecular weight is 298 g/mol. The summed E-state index contributed by atoms with van der Waals surface area (Å²) in [5.74, 6) is -1.47. The van der Waals surface area contributed by atoms with Crippen LogP contribution in [0, 0.1) is 0 Å². The highest BCUT2D eigenvalue weighted by Crippen LogP contribution is 2.13. The van der Waals surface area contributed by atoms with Crippen molar-refractivity contribution in [3.63, 3.8) is 0 Å². The zero-order valence-corrected chi connectivity index (χ0v) is 10.8. The molecule has 1 aromatic carbocycles. The summed E-state index contributed by atoms with van der Waals surface area (Å²) in [6, 6.07) is 7.58. The van der Waals surface area contributed by atoms with Gasteiger partial charge in [0.15, 0.2) is 0 Å². The molecule has 0 radical (unpaired) electrons. The lowest BCUT2D eigenvalue weighted by atomic mass is 10.2. The highest BCUT2D eigenvalue weighted by molar-refractivity contribution is 9.10. The predicted molar refractivity (Wildman–Crippen MR) is 67.4 cm³/mol. The fourth-order valence-electron chi connectivity index (χ4n) is 1.26. The third kappa shape index (κ3) is 4.82. The van der Waals surface area contributed by atoms with Gasteiger partial charge in [-0.05, 0) is 17.7 Å². The second kappa shape index (κ2) is 6.20. The Hall–Kier alpha value is -1.62. The Morgan fingerprint density at radius 3 is 2.71 bits per heavy atom. The number of hydrogen-bond donors (Lipinski definition) is 1. The molecule has 90 valence electrons. The quantitative estimate of drug-likeness (QED) is 0.866. The van der Waals surface area contributed by atoms with Gasteiger partial charge in [0.2, 0.25) is 5.91 Å². The molecule has 1 N–H and O–H groups in total. The van der Waals surface area contributed by atoms with E-state index in [1.807, 2.05) is 24.3 Å². The molecule has 4 nitrogen and oxygen atoms in total. The van der Waals surface area contributed by atoms with E-state index in [0.717, 1.165) is 22.2 Å². The number of carbonyl (C=O) groups is 2. The lowest BCUT2D eigenvalue weighted by molar-refractivity contribution is -0.132. The van der Waals surface area contributed by atoms with E-state index < -0.39 is 5.97 Å². The number of likely N-dealkylation sites (N-methyl/N-ethyl adjacent to an activating group) is 1. The molecule has 0 aromatic heterocycles. The van der Waals surface area contributed by atoms with Crippen molar-refractivity contribution >= 4 is 27.8 Å². The number of carboxylic acids is 1. The highest BCUT2D eigenvalue weighted by Gasteiger charge is 2.06. The summed E-state index contributed by atoms with van der Waals surface area (Å²) in [7, 11) is 1.62. The van der Waals surface area contributed by atoms with Crippen LogP contribution in [0.1, 0.15) is 5.56 Å². The lowest BCUT2D eigenvalue weighted by Gasteiger charge is -2.15. The molecule has 0 bridgehead atoms. The van der Waals surface area contributed by atoms with Crippen molar-refractivity contribution in [3.8, 4) is 0 Å². The maximum absolute atomic E-state index is 11.5. The Morgan fingerprint density at radius 2 is 2.12 bits per heavy atom. The molecular weight excluding hydrogens is 286 g/mol. The predicted octanol–water partition coefficient (Wildman–Crippen LogP) is 2.05. The molecule has 0 unspecified atom stereocenters. The zero-order valence-electron chi connectivity index (χ0n) is 9.26. The molecule has 0 saturated carbocycles. The fraction of sp³-hybridized carbons (Fsp3) is 0.167. The Balaban J connectivity index is 2.63. The Kier molecular flexibility index (Phi) is 4.90. The molecule has 17 heavy (non-hydrogen) atoms. The van der Waals surface area contributed by atoms with Gasteiger partial charge in [0, 0.05) is 30.2 Å². The second-order valence-electron chi connectivity index (χ2n) is 3.50. The first-order valence-corrected chi connectivity index (χ1v) is 5.69. The van der Waals surface area contributed by atoms with Gasteiger partial charge < -0.3 is 10.0 Å². The number of aliphatic carboxylic acids is 1. The maximum atomic E-state index is 11.5. The second-order valence-corrected chi connectivity index (χ2v) is 4.41. The molecule has 0 atom stereocenters. The number of nitrogens with zero attached hydrogens (tertiary/aromatic N) is 1. The van der Waals surface area contributed by atoms with Crippen LogP contribution in [0.3, 0.4) is 0 Å². The van der Waals surface area contributed by atoms with Crippen molar-refractivity contribution in [1.82, 2.24) is 4.90 Å². The largest absolute Gasteiger partial charge is 0.478 e. The minimum atomic E-state index is -1.13. The molecular formula is C12H12BrNO3. The number of amides is 1. The van der Waals surface area contributed by atoms with Crippen LogP contribution in [0.15, 0.2) is 40.9 Å². The van der Waals surface area contributed by atoms with Crippen LogP contribution in [0.25, 0.3) is 0 Å². The van der Waals surface area contributed by atoms with Crippen molar-refractivity contribution in [3.05, 3.63) is 46.5 Å². The molecule has 0 spiro atoms. The van der Waals surface area contributed by atoms with Crippen molar-refractivity contribution in [2.75, 3.05) is 7.05 Å². The molecule has 0 aliphatic rings. The first kappa shape index (κ1) is 13.4. The summed E-state index contributed by atoms with van der Waals surface area (Å²) in [4.78, 5) is 23.2. The number of halogens is 1. The van der Waals surface area contributed by atoms with Gasteiger partial charge in [-0.2, -0.15) is 0 Å². The minimum absolute atomic E-state index is 0.340. The zero-order chi connectivity index (χ0) is 12.8. The van der Waals surface area contributed by atoms with E-state index in [-0.39, 0.29) is 5.91 Å². The van der Waals surface area contributed by atoms with Crippen LogP contribution in [-0.4, -0.2) is 28.9 Å². The normalized spacial score (nSPS) is 10.5. The standard InChI is InChI=1S/C12H12BrNO3/c1-14(11(15)5-6-12(16)17)8-9-3-2-4-10(13)7-9/h2-7H,8H2,1H3,(H,16,17)/b6-5+. The van der Waals surface area contributed by atoms with Crippen LogP contribution in [0.2, 0.25) is 0 Å². The van der Waals surface area contributed by atoms with Crippen molar-refractivity contribution in [2.24, 2.45) is 0 Å². The van der Waals surface area contributed by atoms with E-state index in [9.17, 15) is 9.59 Å². The maximum Gasteiger partial charge on any atom is 0.328 e. The number of rotatable bonds is 4. The third-order valence-electron chi connectivity index (χ3n) is 2.05. The summed E-state index contributed by atoms with van der Waals surface area (Å²) >= 11 is 3.34. The number of carbonyl (C=O) groups excluding carboxylic acids is 1. The molecule has 1 rings (SSSR count). The van der Waals surface area contributed by atoms with Crippen molar-refractivity contribution in [2.45, 2.75) is 6.54 Å². The van der Waals surface area contributed by atoms with E-state index in [0.29, 0.717) is 6.54 Å². The summed E-state index contributed by atoms with van der Waals surface area (Å²) in [5.41, 5.74) is 0.971. The van der Waals surface area contributed by atoms with Gasteiger partial charge in [0.1, 0.15) is 0 Å². The topological polar surface area (TPSA) is 57.6 Å². The Labute approximate surface area is 108 Å². The van der Waals surface area contributed by atoms with Crippen LogP contribution in [0.5, 0.6) is 0 Å². The molecule has 0 aliphatic heterocycles. The van der Waals surface area contributed by atoms with Gasteiger partial charge >= 0.3 is 5.97 Å². The van der Waals surface area contributed by atoms with Crippen molar-refractivity contribution in [1.29, 1.82) is 0 Å². The first-order chi connectivity index (χ1) is 7.99. The first-order valence-electron chi connectivity index (χ1n) is 4.89. The monoisotopic (exact) mass is 297 g/mol. The van der Waals surface area contributed by atoms with E-state index in [1.54, 1.807) is 7.05 Å². The van der Waals surface area contributed by atoms with Gasteiger partial charge in [-0.15, -0.1) is 0 Å². The molecule has 1 aromatic rings. The molecule has 0 saturated heterocycles. The SMILES string of the molecule is CN(Cc1cccc(Br)c1)C(=O)/C=C/C(=O)O. The Morgan fingerprint density at radius 1 is 1.41 bits per heavy atom. The minimum Gasteiger partial charge on any atom is -0.478 e. The molecule has 0 aliphatic carbocycles. The number of hydrogen-bond acceptors (Lipinski definition) is 2.